The molecule has 4 nitrogen and oxygen atoms in total. The van der Waals surface area contributed by atoms with Crippen LogP contribution in [0.25, 0.3) is 0 Å². The standard InChI is InChI=1S/C20H27Cl3O4/c1-2-3-4-5-6-7-8-9-12-26-18(24)10-11-19(25)27-15-13-16(21)20(23)17(22)14-15/h13-14H,2-12H2,1H3. The molecule has 1 rings (SSSR count). The molecule has 0 aliphatic carbocycles. The van der Waals surface area contributed by atoms with E-state index in [1.807, 2.05) is 0 Å². The van der Waals surface area contributed by atoms with Crippen molar-refractivity contribution in [1.29, 1.82) is 0 Å². The Balaban J connectivity index is 2.11. The minimum Gasteiger partial charge on any atom is -0.466 e. The van der Waals surface area contributed by atoms with E-state index in [1.165, 1.54) is 50.7 Å². The topological polar surface area (TPSA) is 52.6 Å². The number of carbonyl (C=O) groups is 2. The number of carbonyl (C=O) groups excluding carboxylic acids is 2. The Hall–Kier alpha value is -0.970. The van der Waals surface area contributed by atoms with Crippen LogP contribution in [-0.2, 0) is 14.3 Å². The zero-order valence-corrected chi connectivity index (χ0v) is 18.0. The third-order valence-electron chi connectivity index (χ3n) is 3.98. The fourth-order valence-electron chi connectivity index (χ4n) is 2.47. The zero-order chi connectivity index (χ0) is 20.1. The molecule has 0 aliphatic rings. The third-order valence-corrected chi connectivity index (χ3v) is 5.18. The Bertz CT molecular complexity index is 582. The van der Waals surface area contributed by atoms with Crippen LogP contribution < -0.4 is 4.74 Å². The summed E-state index contributed by atoms with van der Waals surface area (Å²) in [5, 5.41) is 0.580. The summed E-state index contributed by atoms with van der Waals surface area (Å²) in [4.78, 5) is 23.5. The van der Waals surface area contributed by atoms with Gasteiger partial charge in [-0.3, -0.25) is 9.59 Å². The first-order chi connectivity index (χ1) is 12.9. The molecule has 0 radical (unpaired) electrons. The molecule has 0 N–H and O–H groups in total. The summed E-state index contributed by atoms with van der Waals surface area (Å²) < 4.78 is 10.2. The van der Waals surface area contributed by atoms with E-state index in [0.717, 1.165) is 12.8 Å². The van der Waals surface area contributed by atoms with Crippen LogP contribution in [0.3, 0.4) is 0 Å². The Kier molecular flexibility index (Phi) is 12.6. The van der Waals surface area contributed by atoms with Crippen molar-refractivity contribution in [3.05, 3.63) is 27.2 Å². The normalized spacial score (nSPS) is 10.7. The van der Waals surface area contributed by atoms with Crippen LogP contribution in [0.15, 0.2) is 12.1 Å². The fraction of sp³-hybridized carbons (Fsp3) is 0.600. The Morgan fingerprint density at radius 1 is 0.815 bits per heavy atom. The number of ether oxygens (including phenoxy) is 2. The van der Waals surface area contributed by atoms with Gasteiger partial charge in [0.15, 0.2) is 0 Å². The molecule has 0 spiro atoms. The van der Waals surface area contributed by atoms with Gasteiger partial charge in [-0.15, -0.1) is 0 Å². The molecular weight excluding hydrogens is 411 g/mol. The predicted octanol–water partition coefficient (Wildman–Crippen LogP) is 7.02. The molecule has 0 heterocycles. The van der Waals surface area contributed by atoms with E-state index >= 15 is 0 Å². The molecular formula is C20H27Cl3O4. The van der Waals surface area contributed by atoms with Crippen LogP contribution in [0, 0.1) is 0 Å². The molecule has 27 heavy (non-hydrogen) atoms. The molecule has 152 valence electrons. The Morgan fingerprint density at radius 3 is 1.93 bits per heavy atom. The summed E-state index contributed by atoms with van der Waals surface area (Å²) >= 11 is 17.6. The first-order valence-electron chi connectivity index (χ1n) is 9.45. The lowest BCUT2D eigenvalue weighted by Gasteiger charge is -2.07. The van der Waals surface area contributed by atoms with Crippen LogP contribution in [0.1, 0.15) is 71.1 Å². The van der Waals surface area contributed by atoms with Gasteiger partial charge in [0, 0.05) is 12.1 Å². The quantitative estimate of drug-likeness (QED) is 0.144. The molecule has 7 heteroatoms. The maximum absolute atomic E-state index is 11.8. The second kappa shape index (κ2) is 14.1. The maximum Gasteiger partial charge on any atom is 0.311 e. The van der Waals surface area contributed by atoms with Gasteiger partial charge in [0.05, 0.1) is 34.5 Å². The molecule has 1 aromatic carbocycles. The molecule has 0 amide bonds. The van der Waals surface area contributed by atoms with Crippen molar-refractivity contribution in [2.24, 2.45) is 0 Å². The van der Waals surface area contributed by atoms with Crippen molar-refractivity contribution >= 4 is 46.7 Å². The average molecular weight is 438 g/mol. The highest BCUT2D eigenvalue weighted by Gasteiger charge is 2.13. The highest BCUT2D eigenvalue weighted by atomic mass is 35.5. The number of unbranched alkanes of at least 4 members (excludes halogenated alkanes) is 7. The van der Waals surface area contributed by atoms with E-state index in [1.54, 1.807) is 0 Å². The monoisotopic (exact) mass is 436 g/mol. The molecule has 0 atom stereocenters. The molecule has 1 aromatic rings. The second-order valence-electron chi connectivity index (χ2n) is 6.37. The van der Waals surface area contributed by atoms with Crippen LogP contribution >= 0.6 is 34.8 Å². The summed E-state index contributed by atoms with van der Waals surface area (Å²) in [6, 6.07) is 2.79. The van der Waals surface area contributed by atoms with Crippen molar-refractivity contribution < 1.29 is 19.1 Å². The van der Waals surface area contributed by atoms with Crippen molar-refractivity contribution in [3.63, 3.8) is 0 Å². The van der Waals surface area contributed by atoms with Gasteiger partial charge in [-0.05, 0) is 6.42 Å². The van der Waals surface area contributed by atoms with Gasteiger partial charge >= 0.3 is 11.9 Å². The number of rotatable bonds is 13. The Labute approximate surface area is 176 Å². The van der Waals surface area contributed by atoms with E-state index in [2.05, 4.69) is 6.92 Å². The lowest BCUT2D eigenvalue weighted by Crippen LogP contribution is -2.13. The van der Waals surface area contributed by atoms with Crippen molar-refractivity contribution in [3.8, 4) is 5.75 Å². The fourth-order valence-corrected chi connectivity index (χ4v) is 3.05. The van der Waals surface area contributed by atoms with Gasteiger partial charge in [0.2, 0.25) is 0 Å². The van der Waals surface area contributed by atoms with E-state index in [-0.39, 0.29) is 33.7 Å². The Morgan fingerprint density at radius 2 is 1.33 bits per heavy atom. The number of esters is 2. The number of halogens is 3. The number of hydrogen-bond acceptors (Lipinski definition) is 4. The highest BCUT2D eigenvalue weighted by molar-refractivity contribution is 6.48. The summed E-state index contributed by atoms with van der Waals surface area (Å²) in [7, 11) is 0. The molecule has 0 unspecified atom stereocenters. The third kappa shape index (κ3) is 10.8. The van der Waals surface area contributed by atoms with Gasteiger partial charge in [-0.25, -0.2) is 0 Å². The lowest BCUT2D eigenvalue weighted by atomic mass is 10.1. The van der Waals surface area contributed by atoms with E-state index < -0.39 is 11.9 Å². The molecule has 0 aliphatic heterocycles. The molecule has 0 fully saturated rings. The first kappa shape index (κ1) is 24.1. The van der Waals surface area contributed by atoms with E-state index in [4.69, 9.17) is 44.3 Å². The van der Waals surface area contributed by atoms with Crippen molar-refractivity contribution in [2.45, 2.75) is 71.1 Å². The lowest BCUT2D eigenvalue weighted by molar-refractivity contribution is -0.147. The van der Waals surface area contributed by atoms with Gasteiger partial charge in [-0.2, -0.15) is 0 Å². The van der Waals surface area contributed by atoms with Crippen molar-refractivity contribution in [1.82, 2.24) is 0 Å². The van der Waals surface area contributed by atoms with Crippen LogP contribution in [0.5, 0.6) is 5.75 Å². The van der Waals surface area contributed by atoms with Crippen LogP contribution in [0.2, 0.25) is 15.1 Å². The van der Waals surface area contributed by atoms with Gasteiger partial charge in [0.1, 0.15) is 5.75 Å². The van der Waals surface area contributed by atoms with E-state index in [0.29, 0.717) is 6.61 Å². The van der Waals surface area contributed by atoms with E-state index in [9.17, 15) is 9.59 Å². The average Bonchev–Trinajstić information content (AvgIpc) is 2.63. The summed E-state index contributed by atoms with van der Waals surface area (Å²) in [5.74, 6) is -0.776. The van der Waals surface area contributed by atoms with Crippen LogP contribution in [0.4, 0.5) is 0 Å². The smallest absolute Gasteiger partial charge is 0.311 e. The summed E-state index contributed by atoms with van der Waals surface area (Å²) in [6.45, 7) is 2.60. The molecule has 0 aromatic heterocycles. The predicted molar refractivity (Wildman–Crippen MR) is 110 cm³/mol. The maximum atomic E-state index is 11.8. The number of benzene rings is 1. The SMILES string of the molecule is CCCCCCCCCCOC(=O)CCC(=O)Oc1cc(Cl)c(Cl)c(Cl)c1. The molecule has 0 saturated heterocycles. The molecule has 0 saturated carbocycles. The van der Waals surface area contributed by atoms with Gasteiger partial charge < -0.3 is 9.47 Å². The summed E-state index contributed by atoms with van der Waals surface area (Å²) in [5.41, 5.74) is 0. The van der Waals surface area contributed by atoms with Crippen LogP contribution in [-0.4, -0.2) is 18.5 Å². The van der Waals surface area contributed by atoms with Gasteiger partial charge in [-0.1, -0.05) is 86.7 Å². The van der Waals surface area contributed by atoms with Crippen molar-refractivity contribution in [2.75, 3.05) is 6.61 Å². The number of hydrogen-bond donors (Lipinski definition) is 0. The largest absolute Gasteiger partial charge is 0.466 e. The molecule has 0 bridgehead atoms. The minimum absolute atomic E-state index is 0.0229. The minimum atomic E-state index is -0.562. The second-order valence-corrected chi connectivity index (χ2v) is 7.56. The summed E-state index contributed by atoms with van der Waals surface area (Å²) in [6.07, 6.45) is 9.35. The zero-order valence-electron chi connectivity index (χ0n) is 15.7. The highest BCUT2D eigenvalue weighted by Crippen LogP contribution is 2.34. The first-order valence-corrected chi connectivity index (χ1v) is 10.6. The van der Waals surface area contributed by atoms with Gasteiger partial charge in [0.25, 0.3) is 0 Å².